The second-order valence-electron chi connectivity index (χ2n) is 5.79. The molecule has 0 atom stereocenters. The van der Waals surface area contributed by atoms with E-state index in [9.17, 15) is 13.6 Å². The summed E-state index contributed by atoms with van der Waals surface area (Å²) in [6.07, 6.45) is 2.82. The lowest BCUT2D eigenvalue weighted by molar-refractivity contribution is -0.111. The van der Waals surface area contributed by atoms with E-state index in [1.807, 2.05) is 48.5 Å². The molecule has 0 saturated carbocycles. The number of carbonyl (C=O) groups is 1. The lowest BCUT2D eigenvalue weighted by Gasteiger charge is -2.07. The fourth-order valence-electron chi connectivity index (χ4n) is 2.39. The number of hydrogen-bond acceptors (Lipinski definition) is 2. The number of nitrogens with one attached hydrogen (secondary N) is 1. The minimum absolute atomic E-state index is 0.204. The molecule has 0 spiro atoms. The largest absolute Gasteiger partial charge is 0.489 e. The van der Waals surface area contributed by atoms with Gasteiger partial charge in [-0.3, -0.25) is 4.79 Å². The van der Waals surface area contributed by atoms with Gasteiger partial charge >= 0.3 is 0 Å². The van der Waals surface area contributed by atoms with E-state index in [0.717, 1.165) is 29.3 Å². The minimum atomic E-state index is -0.700. The van der Waals surface area contributed by atoms with Gasteiger partial charge in [0.05, 0.1) is 5.69 Å². The highest BCUT2D eigenvalue weighted by atomic mass is 19.1. The van der Waals surface area contributed by atoms with Gasteiger partial charge in [0.1, 0.15) is 24.0 Å². The third kappa shape index (κ3) is 5.51. The summed E-state index contributed by atoms with van der Waals surface area (Å²) >= 11 is 0. The summed E-state index contributed by atoms with van der Waals surface area (Å²) in [7, 11) is 0. The summed E-state index contributed by atoms with van der Waals surface area (Å²) in [6.45, 7) is 0.438. The van der Waals surface area contributed by atoms with Crippen LogP contribution in [0.2, 0.25) is 0 Å². The molecule has 3 rings (SSSR count). The topological polar surface area (TPSA) is 38.3 Å². The fraction of sp³-hybridized carbons (Fsp3) is 0.0455. The number of ether oxygens (including phenoxy) is 1. The van der Waals surface area contributed by atoms with Crippen LogP contribution in [0.3, 0.4) is 0 Å². The van der Waals surface area contributed by atoms with Crippen molar-refractivity contribution in [1.29, 1.82) is 0 Å². The molecular formula is C22H17F2NO2. The van der Waals surface area contributed by atoms with E-state index in [1.165, 1.54) is 6.08 Å². The Balaban J connectivity index is 1.61. The highest BCUT2D eigenvalue weighted by molar-refractivity contribution is 6.02. The zero-order valence-corrected chi connectivity index (χ0v) is 14.4. The number of benzene rings is 3. The highest BCUT2D eigenvalue weighted by Crippen LogP contribution is 2.17. The lowest BCUT2D eigenvalue weighted by atomic mass is 10.2. The molecular weight excluding hydrogens is 348 g/mol. The van der Waals surface area contributed by atoms with Crippen molar-refractivity contribution in [2.45, 2.75) is 6.61 Å². The molecule has 0 bridgehead atoms. The van der Waals surface area contributed by atoms with E-state index in [1.54, 1.807) is 12.1 Å². The molecule has 0 fully saturated rings. The normalized spacial score (nSPS) is 10.7. The number of hydrogen-bond donors (Lipinski definition) is 1. The van der Waals surface area contributed by atoms with Gasteiger partial charge in [0, 0.05) is 12.1 Å². The molecule has 27 heavy (non-hydrogen) atoms. The summed E-state index contributed by atoms with van der Waals surface area (Å²) in [6, 6.07) is 19.9. The molecule has 5 heteroatoms. The third-order valence-electron chi connectivity index (χ3n) is 3.72. The predicted molar refractivity (Wildman–Crippen MR) is 101 cm³/mol. The zero-order valence-electron chi connectivity index (χ0n) is 14.4. The van der Waals surface area contributed by atoms with Crippen molar-refractivity contribution < 1.29 is 18.3 Å². The molecule has 1 amide bonds. The van der Waals surface area contributed by atoms with E-state index in [4.69, 9.17) is 4.74 Å². The van der Waals surface area contributed by atoms with E-state index in [0.29, 0.717) is 12.4 Å². The van der Waals surface area contributed by atoms with Crippen LogP contribution in [-0.4, -0.2) is 5.91 Å². The Labute approximate surface area is 155 Å². The van der Waals surface area contributed by atoms with E-state index in [2.05, 4.69) is 5.32 Å². The van der Waals surface area contributed by atoms with Gasteiger partial charge in [0.2, 0.25) is 5.91 Å². The first-order valence-corrected chi connectivity index (χ1v) is 8.31. The Morgan fingerprint density at radius 2 is 1.78 bits per heavy atom. The van der Waals surface area contributed by atoms with Gasteiger partial charge in [0.15, 0.2) is 0 Å². The maximum atomic E-state index is 13.5. The van der Waals surface area contributed by atoms with Gasteiger partial charge in [-0.05, 0) is 41.5 Å². The number of anilines is 1. The maximum absolute atomic E-state index is 13.5. The van der Waals surface area contributed by atoms with Gasteiger partial charge < -0.3 is 10.1 Å². The molecule has 0 unspecified atom stereocenters. The third-order valence-corrected chi connectivity index (χ3v) is 3.72. The lowest BCUT2D eigenvalue weighted by Crippen LogP contribution is -2.09. The summed E-state index contributed by atoms with van der Waals surface area (Å²) in [4.78, 5) is 11.9. The molecule has 0 aliphatic rings. The van der Waals surface area contributed by atoms with Crippen molar-refractivity contribution in [3.63, 3.8) is 0 Å². The molecule has 3 nitrogen and oxygen atoms in total. The quantitative estimate of drug-likeness (QED) is 0.610. The molecule has 0 radical (unpaired) electrons. The molecule has 0 aliphatic heterocycles. The van der Waals surface area contributed by atoms with Gasteiger partial charge in [-0.25, -0.2) is 8.78 Å². The molecule has 0 aromatic heterocycles. The van der Waals surface area contributed by atoms with E-state index < -0.39 is 17.5 Å². The van der Waals surface area contributed by atoms with Crippen LogP contribution in [0, 0.1) is 11.6 Å². The van der Waals surface area contributed by atoms with Gasteiger partial charge in [-0.15, -0.1) is 0 Å². The molecule has 1 N–H and O–H groups in total. The maximum Gasteiger partial charge on any atom is 0.248 e. The van der Waals surface area contributed by atoms with Crippen LogP contribution in [0.4, 0.5) is 14.5 Å². The van der Waals surface area contributed by atoms with Crippen LogP contribution < -0.4 is 10.1 Å². The van der Waals surface area contributed by atoms with Crippen LogP contribution in [0.1, 0.15) is 11.1 Å². The Bertz CT molecular complexity index is 956. The van der Waals surface area contributed by atoms with Crippen molar-refractivity contribution in [1.82, 2.24) is 0 Å². The van der Waals surface area contributed by atoms with Gasteiger partial charge in [-0.1, -0.05) is 42.5 Å². The first-order valence-electron chi connectivity index (χ1n) is 8.31. The number of carbonyl (C=O) groups excluding carboxylic acids is 1. The van der Waals surface area contributed by atoms with Crippen molar-refractivity contribution in [2.75, 3.05) is 5.32 Å². The monoisotopic (exact) mass is 365 g/mol. The second-order valence-corrected chi connectivity index (χ2v) is 5.79. The first-order chi connectivity index (χ1) is 13.1. The van der Waals surface area contributed by atoms with Crippen LogP contribution in [0.5, 0.6) is 5.75 Å². The minimum Gasteiger partial charge on any atom is -0.489 e. The smallest absolute Gasteiger partial charge is 0.248 e. The van der Waals surface area contributed by atoms with E-state index in [-0.39, 0.29) is 5.69 Å². The SMILES string of the molecule is O=C(/C=C/c1cccc(OCc2ccccc2)c1)Nc1cc(F)ccc1F. The van der Waals surface area contributed by atoms with Crippen LogP contribution in [-0.2, 0) is 11.4 Å². The average molecular weight is 365 g/mol. The van der Waals surface area contributed by atoms with Gasteiger partial charge in [0.25, 0.3) is 0 Å². The highest BCUT2D eigenvalue weighted by Gasteiger charge is 2.06. The predicted octanol–water partition coefficient (Wildman–Crippen LogP) is 5.20. The molecule has 0 heterocycles. The Hall–Kier alpha value is -3.47. The number of rotatable bonds is 6. The summed E-state index contributed by atoms with van der Waals surface area (Å²) < 4.78 is 32.4. The Morgan fingerprint density at radius 1 is 0.963 bits per heavy atom. The summed E-state index contributed by atoms with van der Waals surface area (Å²) in [5.74, 6) is -1.22. The number of halogens is 2. The van der Waals surface area contributed by atoms with Crippen LogP contribution in [0.15, 0.2) is 78.9 Å². The summed E-state index contributed by atoms with van der Waals surface area (Å²) in [5, 5.41) is 2.31. The van der Waals surface area contributed by atoms with Gasteiger partial charge in [-0.2, -0.15) is 0 Å². The van der Waals surface area contributed by atoms with Crippen LogP contribution >= 0.6 is 0 Å². The van der Waals surface area contributed by atoms with Crippen LogP contribution in [0.25, 0.3) is 6.08 Å². The van der Waals surface area contributed by atoms with Crippen molar-refractivity contribution in [3.05, 3.63) is 102 Å². The Morgan fingerprint density at radius 3 is 2.59 bits per heavy atom. The van der Waals surface area contributed by atoms with E-state index >= 15 is 0 Å². The Kier molecular flexibility index (Phi) is 5.94. The van der Waals surface area contributed by atoms with Crippen molar-refractivity contribution >= 4 is 17.7 Å². The zero-order chi connectivity index (χ0) is 19.1. The van der Waals surface area contributed by atoms with Crippen molar-refractivity contribution in [2.24, 2.45) is 0 Å². The molecule has 0 aliphatic carbocycles. The fourth-order valence-corrected chi connectivity index (χ4v) is 2.39. The molecule has 0 saturated heterocycles. The molecule has 3 aromatic carbocycles. The van der Waals surface area contributed by atoms with Crippen molar-refractivity contribution in [3.8, 4) is 5.75 Å². The second kappa shape index (κ2) is 8.76. The first kappa shape index (κ1) is 18.3. The molecule has 136 valence electrons. The number of amides is 1. The summed E-state index contributed by atoms with van der Waals surface area (Å²) in [5.41, 5.74) is 1.59. The standard InChI is InChI=1S/C22H17F2NO2/c23-18-10-11-20(24)21(14-18)25-22(26)12-9-16-7-4-8-19(13-16)27-15-17-5-2-1-3-6-17/h1-14H,15H2,(H,25,26)/b12-9+. The molecule has 3 aromatic rings. The average Bonchev–Trinajstić information content (AvgIpc) is 2.69.